The molecule has 0 radical (unpaired) electrons. The Kier molecular flexibility index (Phi) is 4.46. The van der Waals surface area contributed by atoms with Crippen LogP contribution in [0.25, 0.3) is 0 Å². The van der Waals surface area contributed by atoms with E-state index in [4.69, 9.17) is 11.6 Å². The lowest BCUT2D eigenvalue weighted by Gasteiger charge is -1.95. The summed E-state index contributed by atoms with van der Waals surface area (Å²) in [5.74, 6) is 0.903. The van der Waals surface area contributed by atoms with Crippen molar-refractivity contribution >= 4 is 28.7 Å². The molecule has 72 valence electrons. The molecular formula is C10H13ClOS. The summed E-state index contributed by atoms with van der Waals surface area (Å²) in [7, 11) is 0. The van der Waals surface area contributed by atoms with Gasteiger partial charge in [-0.25, -0.2) is 0 Å². The molecule has 1 aromatic heterocycles. The van der Waals surface area contributed by atoms with E-state index < -0.39 is 0 Å². The number of Topliss-reactive ketones (excluding diaryl/α,β-unsaturated/α-hetero) is 1. The van der Waals surface area contributed by atoms with Gasteiger partial charge in [0.15, 0.2) is 5.78 Å². The fourth-order valence-corrected chi connectivity index (χ4v) is 2.14. The molecule has 1 aromatic rings. The van der Waals surface area contributed by atoms with Gasteiger partial charge in [-0.2, -0.15) is 0 Å². The quantitative estimate of drug-likeness (QED) is 0.417. The first kappa shape index (κ1) is 10.7. The van der Waals surface area contributed by atoms with E-state index in [1.807, 2.05) is 18.4 Å². The van der Waals surface area contributed by atoms with E-state index in [2.05, 4.69) is 0 Å². The van der Waals surface area contributed by atoms with E-state index in [0.717, 1.165) is 17.7 Å². The monoisotopic (exact) mass is 216 g/mol. The summed E-state index contributed by atoms with van der Waals surface area (Å²) in [6.45, 7) is 2.01. The summed E-state index contributed by atoms with van der Waals surface area (Å²) in [6.07, 6.45) is 2.46. The fraction of sp³-hybridized carbons (Fsp3) is 0.500. The van der Waals surface area contributed by atoms with Gasteiger partial charge in [-0.15, -0.1) is 22.9 Å². The Morgan fingerprint density at radius 2 is 2.31 bits per heavy atom. The van der Waals surface area contributed by atoms with Gasteiger partial charge in [0, 0.05) is 12.3 Å². The van der Waals surface area contributed by atoms with Crippen molar-refractivity contribution in [2.75, 3.05) is 5.88 Å². The molecule has 0 unspecified atom stereocenters. The second kappa shape index (κ2) is 5.40. The van der Waals surface area contributed by atoms with E-state index in [1.165, 1.54) is 16.9 Å². The summed E-state index contributed by atoms with van der Waals surface area (Å²) >= 11 is 7.06. The minimum Gasteiger partial charge on any atom is -0.293 e. The van der Waals surface area contributed by atoms with Gasteiger partial charge >= 0.3 is 0 Å². The van der Waals surface area contributed by atoms with Crippen molar-refractivity contribution in [2.45, 2.75) is 26.2 Å². The van der Waals surface area contributed by atoms with Crippen LogP contribution in [-0.4, -0.2) is 11.7 Å². The van der Waals surface area contributed by atoms with Crippen LogP contribution in [0.4, 0.5) is 0 Å². The third kappa shape index (κ3) is 3.49. The van der Waals surface area contributed by atoms with Gasteiger partial charge in [0.05, 0.1) is 4.88 Å². The van der Waals surface area contributed by atoms with Crippen LogP contribution in [0.1, 0.15) is 34.5 Å². The first-order chi connectivity index (χ1) is 6.24. The topological polar surface area (TPSA) is 17.1 Å². The molecule has 1 nitrogen and oxygen atoms in total. The van der Waals surface area contributed by atoms with Gasteiger partial charge in [0.2, 0.25) is 0 Å². The Hall–Kier alpha value is -0.340. The van der Waals surface area contributed by atoms with Crippen molar-refractivity contribution < 1.29 is 4.79 Å². The van der Waals surface area contributed by atoms with Crippen LogP contribution in [0.3, 0.4) is 0 Å². The maximum absolute atomic E-state index is 11.5. The Morgan fingerprint density at radius 3 is 2.85 bits per heavy atom. The van der Waals surface area contributed by atoms with Crippen LogP contribution in [0.5, 0.6) is 0 Å². The molecule has 0 fully saturated rings. The van der Waals surface area contributed by atoms with Gasteiger partial charge in [0.25, 0.3) is 0 Å². The van der Waals surface area contributed by atoms with Crippen LogP contribution >= 0.6 is 22.9 Å². The highest BCUT2D eigenvalue weighted by Crippen LogP contribution is 2.16. The number of thiophene rings is 1. The number of halogens is 1. The molecule has 0 bridgehead atoms. The van der Waals surface area contributed by atoms with E-state index >= 15 is 0 Å². The highest BCUT2D eigenvalue weighted by Gasteiger charge is 2.06. The van der Waals surface area contributed by atoms with E-state index in [9.17, 15) is 4.79 Å². The average Bonchev–Trinajstić information content (AvgIpc) is 2.52. The zero-order chi connectivity index (χ0) is 9.68. The largest absolute Gasteiger partial charge is 0.293 e. The molecule has 0 amide bonds. The van der Waals surface area contributed by atoms with Crippen molar-refractivity contribution in [2.24, 2.45) is 0 Å². The van der Waals surface area contributed by atoms with Crippen molar-refractivity contribution in [1.29, 1.82) is 0 Å². The molecule has 13 heavy (non-hydrogen) atoms. The van der Waals surface area contributed by atoms with Gasteiger partial charge in [-0.3, -0.25) is 4.79 Å². The summed E-state index contributed by atoms with van der Waals surface area (Å²) in [6, 6.07) is 1.95. The summed E-state index contributed by atoms with van der Waals surface area (Å²) in [5.41, 5.74) is 1.17. The van der Waals surface area contributed by atoms with Gasteiger partial charge in [0.1, 0.15) is 0 Å². The average molecular weight is 217 g/mol. The fourth-order valence-electron chi connectivity index (χ4n) is 1.08. The number of unbranched alkanes of at least 4 members (excludes halogenated alkanes) is 1. The van der Waals surface area contributed by atoms with Crippen LogP contribution in [0, 0.1) is 6.92 Å². The lowest BCUT2D eigenvalue weighted by molar-refractivity contribution is 0.0984. The molecule has 3 heteroatoms. The van der Waals surface area contributed by atoms with Crippen molar-refractivity contribution in [3.8, 4) is 0 Å². The highest BCUT2D eigenvalue weighted by atomic mass is 35.5. The maximum Gasteiger partial charge on any atom is 0.172 e. The molecule has 1 rings (SSSR count). The number of alkyl halides is 1. The third-order valence-electron chi connectivity index (χ3n) is 1.79. The Morgan fingerprint density at radius 1 is 1.54 bits per heavy atom. The van der Waals surface area contributed by atoms with Crippen LogP contribution in [-0.2, 0) is 0 Å². The predicted octanol–water partition coefficient (Wildman–Crippen LogP) is 3.65. The number of aryl methyl sites for hydroxylation is 1. The Bertz CT molecular complexity index is 280. The highest BCUT2D eigenvalue weighted by molar-refractivity contribution is 7.12. The number of carbonyl (C=O) groups excluding carboxylic acids is 1. The third-order valence-corrected chi connectivity index (χ3v) is 3.15. The minimum atomic E-state index is 0.253. The van der Waals surface area contributed by atoms with Gasteiger partial charge < -0.3 is 0 Å². The molecule has 0 aliphatic heterocycles. The smallest absolute Gasteiger partial charge is 0.172 e. The summed E-state index contributed by atoms with van der Waals surface area (Å²) in [4.78, 5) is 12.4. The van der Waals surface area contributed by atoms with Crippen molar-refractivity contribution in [3.05, 3.63) is 21.9 Å². The molecule has 0 aliphatic carbocycles. The number of rotatable bonds is 5. The minimum absolute atomic E-state index is 0.253. The lowest BCUT2D eigenvalue weighted by atomic mass is 10.1. The molecule has 0 saturated heterocycles. The molecule has 0 N–H and O–H groups in total. The molecule has 0 spiro atoms. The number of hydrogen-bond donors (Lipinski definition) is 0. The van der Waals surface area contributed by atoms with Crippen molar-refractivity contribution in [3.63, 3.8) is 0 Å². The SMILES string of the molecule is Cc1csc(C(=O)CCCCCl)c1. The van der Waals surface area contributed by atoms with E-state index in [1.54, 1.807) is 0 Å². The van der Waals surface area contributed by atoms with Gasteiger partial charge in [-0.1, -0.05) is 0 Å². The molecule has 1 heterocycles. The molecule has 0 saturated carbocycles. The number of hydrogen-bond acceptors (Lipinski definition) is 2. The van der Waals surface area contributed by atoms with Crippen LogP contribution in [0.2, 0.25) is 0 Å². The first-order valence-corrected chi connectivity index (χ1v) is 5.79. The maximum atomic E-state index is 11.5. The molecule has 0 aromatic carbocycles. The normalized spacial score (nSPS) is 10.3. The second-order valence-corrected chi connectivity index (χ2v) is 4.35. The number of ketones is 1. The molecular weight excluding hydrogens is 204 g/mol. The van der Waals surface area contributed by atoms with Crippen molar-refractivity contribution in [1.82, 2.24) is 0 Å². The summed E-state index contributed by atoms with van der Waals surface area (Å²) in [5, 5.41) is 2.01. The molecule has 0 aliphatic rings. The standard InChI is InChI=1S/C10H13ClOS/c1-8-6-10(13-7-8)9(12)4-2-3-5-11/h6-7H,2-5H2,1H3. The van der Waals surface area contributed by atoms with E-state index in [-0.39, 0.29) is 5.78 Å². The van der Waals surface area contributed by atoms with Gasteiger partial charge in [-0.05, 0) is 36.8 Å². The van der Waals surface area contributed by atoms with Crippen LogP contribution in [0.15, 0.2) is 11.4 Å². The first-order valence-electron chi connectivity index (χ1n) is 4.38. The predicted molar refractivity (Wildman–Crippen MR) is 58.0 cm³/mol. The second-order valence-electron chi connectivity index (χ2n) is 3.06. The zero-order valence-corrected chi connectivity index (χ0v) is 9.25. The zero-order valence-electron chi connectivity index (χ0n) is 7.68. The Labute approximate surface area is 87.7 Å². The molecule has 0 atom stereocenters. The number of carbonyl (C=O) groups is 1. The summed E-state index contributed by atoms with van der Waals surface area (Å²) < 4.78 is 0. The van der Waals surface area contributed by atoms with E-state index in [0.29, 0.717) is 12.3 Å². The lowest BCUT2D eigenvalue weighted by Crippen LogP contribution is -1.95. The van der Waals surface area contributed by atoms with Crippen LogP contribution < -0.4 is 0 Å². The Balaban J connectivity index is 2.40.